The summed E-state index contributed by atoms with van der Waals surface area (Å²) < 4.78 is 7.19. The zero-order valence-electron chi connectivity index (χ0n) is 15.1. The number of rotatable bonds is 5. The molecule has 27 heavy (non-hydrogen) atoms. The summed E-state index contributed by atoms with van der Waals surface area (Å²) in [7, 11) is 1.54. The molecule has 1 aliphatic carbocycles. The standard InChI is InChI=1S/C20H22N4O3/c1-27-20-15-6-3-2-5-14(15)11-17(23-20)19(26)22-16-9-13(10-18(16)25)12-24-8-4-7-21-24/h2-8,11,13,16,18,25H,9-10,12H2,1H3,(H,22,26)/t13?,16-,18-/m1/s1. The Hall–Kier alpha value is -2.93. The van der Waals surface area contributed by atoms with Gasteiger partial charge in [-0.05, 0) is 42.3 Å². The van der Waals surface area contributed by atoms with Crippen molar-refractivity contribution in [1.29, 1.82) is 0 Å². The van der Waals surface area contributed by atoms with Crippen molar-refractivity contribution in [2.24, 2.45) is 5.92 Å². The number of hydrogen-bond acceptors (Lipinski definition) is 5. The van der Waals surface area contributed by atoms with Crippen LogP contribution in [0.15, 0.2) is 48.8 Å². The summed E-state index contributed by atoms with van der Waals surface area (Å²) in [5, 5.41) is 19.3. The lowest BCUT2D eigenvalue weighted by Crippen LogP contribution is -2.40. The molecule has 1 fully saturated rings. The Morgan fingerprint density at radius 2 is 2.19 bits per heavy atom. The molecular formula is C20H22N4O3. The average molecular weight is 366 g/mol. The second kappa shape index (κ2) is 7.36. The predicted molar refractivity (Wildman–Crippen MR) is 101 cm³/mol. The summed E-state index contributed by atoms with van der Waals surface area (Å²) in [5.41, 5.74) is 0.285. The zero-order chi connectivity index (χ0) is 18.8. The van der Waals surface area contributed by atoms with Crippen LogP contribution in [0, 0.1) is 5.92 Å². The minimum Gasteiger partial charge on any atom is -0.481 e. The first kappa shape index (κ1) is 17.5. The first-order valence-electron chi connectivity index (χ1n) is 9.04. The molecule has 1 amide bonds. The molecule has 2 aromatic heterocycles. The van der Waals surface area contributed by atoms with Crippen LogP contribution >= 0.6 is 0 Å². The van der Waals surface area contributed by atoms with Gasteiger partial charge in [0.15, 0.2) is 0 Å². The molecule has 3 aromatic rings. The lowest BCUT2D eigenvalue weighted by molar-refractivity contribution is 0.0867. The number of pyridine rings is 1. The van der Waals surface area contributed by atoms with Crippen molar-refractivity contribution < 1.29 is 14.6 Å². The molecule has 4 rings (SSSR count). The van der Waals surface area contributed by atoms with Gasteiger partial charge in [-0.1, -0.05) is 18.2 Å². The minimum atomic E-state index is -0.572. The Labute approximate surface area is 157 Å². The smallest absolute Gasteiger partial charge is 0.270 e. The van der Waals surface area contributed by atoms with Gasteiger partial charge in [0.25, 0.3) is 5.91 Å². The Bertz CT molecular complexity index is 942. The van der Waals surface area contributed by atoms with Crippen LogP contribution < -0.4 is 10.1 Å². The average Bonchev–Trinajstić information content (AvgIpc) is 3.30. The van der Waals surface area contributed by atoms with E-state index in [0.717, 1.165) is 17.3 Å². The first-order valence-corrected chi connectivity index (χ1v) is 9.04. The molecule has 3 atom stereocenters. The van der Waals surface area contributed by atoms with E-state index in [9.17, 15) is 9.90 Å². The number of carbonyl (C=O) groups excluding carboxylic acids is 1. The van der Waals surface area contributed by atoms with Gasteiger partial charge in [-0.2, -0.15) is 5.10 Å². The Balaban J connectivity index is 1.48. The third-order valence-electron chi connectivity index (χ3n) is 5.08. The van der Waals surface area contributed by atoms with E-state index in [1.807, 2.05) is 41.2 Å². The van der Waals surface area contributed by atoms with Gasteiger partial charge in [0.1, 0.15) is 5.69 Å². The number of aliphatic hydroxyl groups is 1. The van der Waals surface area contributed by atoms with Gasteiger partial charge >= 0.3 is 0 Å². The zero-order valence-corrected chi connectivity index (χ0v) is 15.1. The second-order valence-electron chi connectivity index (χ2n) is 6.95. The fourth-order valence-corrected chi connectivity index (χ4v) is 3.78. The van der Waals surface area contributed by atoms with E-state index >= 15 is 0 Å². The van der Waals surface area contributed by atoms with Gasteiger partial charge in [0.2, 0.25) is 5.88 Å². The van der Waals surface area contributed by atoms with Crippen molar-refractivity contribution in [2.75, 3.05) is 7.11 Å². The quantitative estimate of drug-likeness (QED) is 0.721. The van der Waals surface area contributed by atoms with E-state index in [1.165, 1.54) is 7.11 Å². The topological polar surface area (TPSA) is 89.3 Å². The maximum Gasteiger partial charge on any atom is 0.270 e. The van der Waals surface area contributed by atoms with Gasteiger partial charge in [0.05, 0.1) is 19.3 Å². The van der Waals surface area contributed by atoms with Crippen molar-refractivity contribution in [1.82, 2.24) is 20.1 Å². The number of ether oxygens (including phenoxy) is 1. The lowest BCUT2D eigenvalue weighted by atomic mass is 10.1. The number of benzene rings is 1. The fourth-order valence-electron chi connectivity index (χ4n) is 3.78. The molecule has 1 aliphatic rings. The van der Waals surface area contributed by atoms with E-state index in [-0.39, 0.29) is 23.6 Å². The highest BCUT2D eigenvalue weighted by Crippen LogP contribution is 2.28. The van der Waals surface area contributed by atoms with E-state index in [0.29, 0.717) is 18.7 Å². The predicted octanol–water partition coefficient (Wildman–Crippen LogP) is 2.01. The van der Waals surface area contributed by atoms with Gasteiger partial charge in [-0.3, -0.25) is 9.48 Å². The fraction of sp³-hybridized carbons (Fsp3) is 0.350. The molecular weight excluding hydrogens is 344 g/mol. The van der Waals surface area contributed by atoms with Gasteiger partial charge in [0, 0.05) is 24.3 Å². The molecule has 2 N–H and O–H groups in total. The normalized spacial score (nSPS) is 22.1. The number of aliphatic hydroxyl groups excluding tert-OH is 1. The Kier molecular flexibility index (Phi) is 4.77. The van der Waals surface area contributed by atoms with Crippen LogP contribution in [0.25, 0.3) is 10.8 Å². The number of methoxy groups -OCH3 is 1. The summed E-state index contributed by atoms with van der Waals surface area (Å²) in [4.78, 5) is 17.1. The molecule has 7 nitrogen and oxygen atoms in total. The molecule has 0 aliphatic heterocycles. The number of nitrogens with one attached hydrogen (secondary N) is 1. The Morgan fingerprint density at radius 1 is 1.33 bits per heavy atom. The van der Waals surface area contributed by atoms with Crippen molar-refractivity contribution >= 4 is 16.7 Å². The van der Waals surface area contributed by atoms with Gasteiger partial charge in [-0.25, -0.2) is 4.98 Å². The summed E-state index contributed by atoms with van der Waals surface area (Å²) in [5.74, 6) is 0.383. The van der Waals surface area contributed by atoms with Crippen LogP contribution in [-0.2, 0) is 6.54 Å². The molecule has 0 bridgehead atoms. The molecule has 140 valence electrons. The lowest BCUT2D eigenvalue weighted by Gasteiger charge is -2.17. The van der Waals surface area contributed by atoms with E-state index in [1.54, 1.807) is 12.3 Å². The highest BCUT2D eigenvalue weighted by molar-refractivity contribution is 5.98. The van der Waals surface area contributed by atoms with Crippen molar-refractivity contribution in [3.63, 3.8) is 0 Å². The number of amides is 1. The molecule has 1 aromatic carbocycles. The van der Waals surface area contributed by atoms with Gasteiger partial charge < -0.3 is 15.2 Å². The van der Waals surface area contributed by atoms with Crippen LogP contribution in [0.1, 0.15) is 23.3 Å². The number of aromatic nitrogens is 3. The van der Waals surface area contributed by atoms with E-state index < -0.39 is 6.10 Å². The highest BCUT2D eigenvalue weighted by Gasteiger charge is 2.34. The molecule has 2 heterocycles. The summed E-state index contributed by atoms with van der Waals surface area (Å²) in [6.45, 7) is 0.735. The minimum absolute atomic E-state index is 0.268. The second-order valence-corrected chi connectivity index (χ2v) is 6.95. The molecule has 1 saturated carbocycles. The van der Waals surface area contributed by atoms with Crippen molar-refractivity contribution in [2.45, 2.75) is 31.5 Å². The molecule has 0 radical (unpaired) electrons. The third kappa shape index (κ3) is 3.64. The first-order chi connectivity index (χ1) is 13.1. The van der Waals surface area contributed by atoms with Crippen LogP contribution in [0.2, 0.25) is 0 Å². The van der Waals surface area contributed by atoms with Crippen molar-refractivity contribution in [3.8, 4) is 5.88 Å². The third-order valence-corrected chi connectivity index (χ3v) is 5.08. The summed E-state index contributed by atoms with van der Waals surface area (Å²) in [6, 6.07) is 11.0. The maximum atomic E-state index is 12.7. The molecule has 0 spiro atoms. The summed E-state index contributed by atoms with van der Waals surface area (Å²) in [6.07, 6.45) is 4.42. The molecule has 1 unspecified atom stereocenters. The van der Waals surface area contributed by atoms with Crippen LogP contribution in [0.5, 0.6) is 5.88 Å². The van der Waals surface area contributed by atoms with Gasteiger partial charge in [-0.15, -0.1) is 0 Å². The molecule has 0 saturated heterocycles. The summed E-state index contributed by atoms with van der Waals surface area (Å²) >= 11 is 0. The number of carbonyl (C=O) groups is 1. The van der Waals surface area contributed by atoms with Crippen molar-refractivity contribution in [3.05, 3.63) is 54.5 Å². The van der Waals surface area contributed by atoms with Crippen LogP contribution in [0.3, 0.4) is 0 Å². The Morgan fingerprint density at radius 3 is 2.96 bits per heavy atom. The monoisotopic (exact) mass is 366 g/mol. The highest BCUT2D eigenvalue weighted by atomic mass is 16.5. The largest absolute Gasteiger partial charge is 0.481 e. The number of hydrogen-bond donors (Lipinski definition) is 2. The van der Waals surface area contributed by atoms with Crippen LogP contribution in [-0.4, -0.2) is 45.0 Å². The maximum absolute atomic E-state index is 12.7. The van der Waals surface area contributed by atoms with E-state index in [2.05, 4.69) is 15.4 Å². The van der Waals surface area contributed by atoms with E-state index in [4.69, 9.17) is 4.74 Å². The SMILES string of the molecule is COc1nc(C(=O)N[C@@H]2CC(Cn3cccn3)C[C@H]2O)cc2ccccc12. The van der Waals surface area contributed by atoms with Crippen LogP contribution in [0.4, 0.5) is 0 Å². The number of fused-ring (bicyclic) bond motifs is 1. The number of nitrogens with zero attached hydrogens (tertiary/aromatic N) is 3. The molecule has 7 heteroatoms.